The molecule has 1 fully saturated rings. The van der Waals surface area contributed by atoms with E-state index >= 15 is 0 Å². The lowest BCUT2D eigenvalue weighted by molar-refractivity contribution is 0.113. The first-order valence-corrected chi connectivity index (χ1v) is 9.89. The van der Waals surface area contributed by atoms with E-state index in [9.17, 15) is 5.11 Å². The average molecular weight is 417 g/mol. The van der Waals surface area contributed by atoms with Crippen LogP contribution in [0.1, 0.15) is 28.7 Å². The zero-order valence-electron chi connectivity index (χ0n) is 17.1. The summed E-state index contributed by atoms with van der Waals surface area (Å²) in [5.41, 5.74) is 13.7. The normalized spacial score (nSPS) is 14.9. The summed E-state index contributed by atoms with van der Waals surface area (Å²) in [6, 6.07) is 21.0. The first-order valence-electron chi connectivity index (χ1n) is 9.89. The first-order chi connectivity index (χ1) is 15.1. The number of imidazole rings is 1. The Morgan fingerprint density at radius 1 is 0.935 bits per heavy atom. The number of rotatable bonds is 5. The van der Waals surface area contributed by atoms with Crippen molar-refractivity contribution in [2.75, 3.05) is 7.11 Å². The van der Waals surface area contributed by atoms with E-state index in [-0.39, 0.29) is 6.17 Å². The Bertz CT molecular complexity index is 1170. The summed E-state index contributed by atoms with van der Waals surface area (Å²) in [4.78, 5) is 9.38. The van der Waals surface area contributed by atoms with Crippen LogP contribution in [0.25, 0.3) is 11.2 Å². The van der Waals surface area contributed by atoms with Gasteiger partial charge in [0.2, 0.25) is 5.88 Å². The van der Waals surface area contributed by atoms with Gasteiger partial charge in [-0.15, -0.1) is 0 Å². The summed E-state index contributed by atoms with van der Waals surface area (Å²) in [7, 11) is 3.45. The number of aliphatic hydroxyl groups is 1. The molecule has 0 bridgehead atoms. The second kappa shape index (κ2) is 7.73. The predicted molar refractivity (Wildman–Crippen MR) is 115 cm³/mol. The molecule has 2 aromatic carbocycles. The molecule has 31 heavy (non-hydrogen) atoms. The van der Waals surface area contributed by atoms with Crippen LogP contribution < -0.4 is 26.7 Å². The topological polar surface area (TPSA) is 108 Å². The molecule has 0 saturated carbocycles. The number of methoxy groups -OCH3 is 1. The Labute approximate surface area is 179 Å². The van der Waals surface area contributed by atoms with E-state index in [2.05, 4.69) is 26.9 Å². The van der Waals surface area contributed by atoms with Gasteiger partial charge in [0.05, 0.1) is 18.2 Å². The van der Waals surface area contributed by atoms with Crippen LogP contribution in [0.15, 0.2) is 66.7 Å². The summed E-state index contributed by atoms with van der Waals surface area (Å²) in [5.74, 6) is 0.908. The molecular weight excluding hydrogens is 394 g/mol. The minimum Gasteiger partial charge on any atom is -0.481 e. The number of aromatic nitrogens is 3. The Balaban J connectivity index is 1.75. The van der Waals surface area contributed by atoms with Gasteiger partial charge in [0.1, 0.15) is 6.17 Å². The van der Waals surface area contributed by atoms with E-state index in [1.165, 1.54) is 0 Å². The van der Waals surface area contributed by atoms with Gasteiger partial charge >= 0.3 is 0 Å². The molecule has 4 aromatic rings. The highest BCUT2D eigenvalue weighted by atomic mass is 16.5. The van der Waals surface area contributed by atoms with Gasteiger partial charge in [-0.05, 0) is 17.2 Å². The molecule has 1 aliphatic heterocycles. The zero-order chi connectivity index (χ0) is 21.4. The standard InChI is InChI=1S/C22H23N7O2/c1-29-17-13-16(18-25-27-28-26-18)20(31-2)23-19(17)24-21(29)22(30,14-9-5-3-6-10-14)15-11-7-4-8-12-15/h3-13,18,25-28,30H,1-2H3. The van der Waals surface area contributed by atoms with Crippen LogP contribution in [0.5, 0.6) is 5.88 Å². The SMILES string of the molecule is COc1nc2nc(C(O)(c3ccccc3)c3ccccc3)n(C)c2cc1C1NNNN1. The molecule has 0 radical (unpaired) electrons. The third kappa shape index (κ3) is 3.16. The van der Waals surface area contributed by atoms with Crippen molar-refractivity contribution in [3.8, 4) is 5.88 Å². The predicted octanol–water partition coefficient (Wildman–Crippen LogP) is 1.38. The molecule has 9 nitrogen and oxygen atoms in total. The Morgan fingerprint density at radius 2 is 1.52 bits per heavy atom. The maximum atomic E-state index is 12.1. The largest absolute Gasteiger partial charge is 0.481 e. The number of nitrogens with zero attached hydrogens (tertiary/aromatic N) is 3. The molecule has 0 spiro atoms. The fourth-order valence-electron chi connectivity index (χ4n) is 4.00. The molecule has 9 heteroatoms. The Kier molecular flexibility index (Phi) is 4.89. The summed E-state index contributed by atoms with van der Waals surface area (Å²) >= 11 is 0. The highest BCUT2D eigenvalue weighted by Gasteiger charge is 2.39. The number of aryl methyl sites for hydroxylation is 1. The smallest absolute Gasteiger partial charge is 0.221 e. The molecule has 5 rings (SSSR count). The number of pyridine rings is 1. The minimum atomic E-state index is -1.46. The molecular formula is C22H23N7O2. The molecule has 158 valence electrons. The van der Waals surface area contributed by atoms with Crippen molar-refractivity contribution in [1.29, 1.82) is 0 Å². The Hall–Kier alpha value is -3.34. The van der Waals surface area contributed by atoms with E-state index in [0.717, 1.165) is 22.2 Å². The summed E-state index contributed by atoms with van der Waals surface area (Å²) in [5, 5.41) is 12.1. The van der Waals surface area contributed by atoms with E-state index in [1.54, 1.807) is 7.11 Å². The maximum absolute atomic E-state index is 12.1. The number of hydrazine groups is 3. The van der Waals surface area contributed by atoms with Gasteiger partial charge in [0.15, 0.2) is 17.1 Å². The van der Waals surface area contributed by atoms with Gasteiger partial charge in [0, 0.05) is 7.05 Å². The van der Waals surface area contributed by atoms with Crippen molar-refractivity contribution in [2.45, 2.75) is 11.8 Å². The minimum absolute atomic E-state index is 0.257. The van der Waals surface area contributed by atoms with Gasteiger partial charge in [-0.1, -0.05) is 60.7 Å². The van der Waals surface area contributed by atoms with E-state index < -0.39 is 5.60 Å². The van der Waals surface area contributed by atoms with Crippen LogP contribution in [0.3, 0.4) is 0 Å². The van der Waals surface area contributed by atoms with Gasteiger partial charge in [-0.25, -0.2) is 15.8 Å². The monoisotopic (exact) mass is 417 g/mol. The molecule has 3 heterocycles. The number of ether oxygens (including phenoxy) is 1. The third-order valence-corrected chi connectivity index (χ3v) is 5.57. The van der Waals surface area contributed by atoms with E-state index in [1.807, 2.05) is 78.3 Å². The van der Waals surface area contributed by atoms with Crippen LogP contribution in [-0.4, -0.2) is 26.8 Å². The summed E-state index contributed by atoms with van der Waals surface area (Å²) < 4.78 is 7.39. The van der Waals surface area contributed by atoms with Gasteiger partial charge in [0.25, 0.3) is 0 Å². The van der Waals surface area contributed by atoms with Crippen LogP contribution in [0, 0.1) is 0 Å². The fraction of sp³-hybridized carbons (Fsp3) is 0.182. The van der Waals surface area contributed by atoms with Crippen LogP contribution in [-0.2, 0) is 12.6 Å². The lowest BCUT2D eigenvalue weighted by Gasteiger charge is -2.28. The van der Waals surface area contributed by atoms with E-state index in [0.29, 0.717) is 17.4 Å². The van der Waals surface area contributed by atoms with Gasteiger partial charge < -0.3 is 14.4 Å². The molecule has 0 atom stereocenters. The lowest BCUT2D eigenvalue weighted by atomic mass is 9.85. The highest BCUT2D eigenvalue weighted by Crippen LogP contribution is 2.38. The lowest BCUT2D eigenvalue weighted by Crippen LogP contribution is -2.33. The number of nitrogens with one attached hydrogen (secondary N) is 4. The van der Waals surface area contributed by atoms with Crippen LogP contribution in [0.4, 0.5) is 0 Å². The second-order valence-corrected chi connectivity index (χ2v) is 7.34. The van der Waals surface area contributed by atoms with Crippen LogP contribution in [0.2, 0.25) is 0 Å². The molecule has 0 unspecified atom stereocenters. The maximum Gasteiger partial charge on any atom is 0.221 e. The number of benzene rings is 2. The highest BCUT2D eigenvalue weighted by molar-refractivity contribution is 5.75. The Morgan fingerprint density at radius 3 is 2.06 bits per heavy atom. The summed E-state index contributed by atoms with van der Waals surface area (Å²) in [6.45, 7) is 0. The number of hydrogen-bond donors (Lipinski definition) is 5. The van der Waals surface area contributed by atoms with Crippen molar-refractivity contribution in [3.05, 3.63) is 89.2 Å². The van der Waals surface area contributed by atoms with Crippen LogP contribution >= 0.6 is 0 Å². The quantitative estimate of drug-likeness (QED) is 0.331. The summed E-state index contributed by atoms with van der Waals surface area (Å²) in [6.07, 6.45) is -0.257. The molecule has 0 amide bonds. The molecule has 2 aromatic heterocycles. The van der Waals surface area contributed by atoms with Crippen molar-refractivity contribution < 1.29 is 9.84 Å². The average Bonchev–Trinajstić information content (AvgIpc) is 3.47. The molecule has 1 saturated heterocycles. The fourth-order valence-corrected chi connectivity index (χ4v) is 4.00. The van der Waals surface area contributed by atoms with Crippen molar-refractivity contribution >= 4 is 11.2 Å². The number of fused-ring (bicyclic) bond motifs is 1. The van der Waals surface area contributed by atoms with Crippen molar-refractivity contribution in [1.82, 2.24) is 36.5 Å². The second-order valence-electron chi connectivity index (χ2n) is 7.34. The molecule has 1 aliphatic rings. The first kappa shape index (κ1) is 19.6. The van der Waals surface area contributed by atoms with Crippen molar-refractivity contribution in [2.24, 2.45) is 7.05 Å². The number of hydrogen-bond acceptors (Lipinski definition) is 8. The third-order valence-electron chi connectivity index (χ3n) is 5.57. The van der Waals surface area contributed by atoms with Gasteiger partial charge in [-0.2, -0.15) is 16.1 Å². The zero-order valence-corrected chi connectivity index (χ0v) is 17.1. The van der Waals surface area contributed by atoms with E-state index in [4.69, 9.17) is 9.72 Å². The van der Waals surface area contributed by atoms with Gasteiger partial charge in [-0.3, -0.25) is 0 Å². The van der Waals surface area contributed by atoms with Crippen molar-refractivity contribution in [3.63, 3.8) is 0 Å². The molecule has 5 N–H and O–H groups in total. The molecule has 0 aliphatic carbocycles.